The maximum absolute atomic E-state index is 4.09. The molecule has 0 radical (unpaired) electrons. The van der Waals surface area contributed by atoms with Gasteiger partial charge < -0.3 is 5.32 Å². The molecule has 2 rings (SSSR count). The van der Waals surface area contributed by atoms with Gasteiger partial charge in [0.15, 0.2) is 5.82 Å². The lowest BCUT2D eigenvalue weighted by Crippen LogP contribution is -2.19. The summed E-state index contributed by atoms with van der Waals surface area (Å²) in [4.78, 5) is 5.53. The van der Waals surface area contributed by atoms with Gasteiger partial charge in [-0.05, 0) is 23.8 Å². The van der Waals surface area contributed by atoms with Gasteiger partial charge in [0, 0.05) is 18.4 Å². The minimum absolute atomic E-state index is 0.220. The van der Waals surface area contributed by atoms with Crippen LogP contribution in [-0.2, 0) is 13.6 Å². The number of tetrazole rings is 1. The molecule has 0 aromatic carbocycles. The molecule has 84 valence electrons. The number of aryl methyl sites for hydroxylation is 1. The summed E-state index contributed by atoms with van der Waals surface area (Å²) in [6.07, 6.45) is 3.61. The Bertz CT molecular complexity index is 438. The summed E-state index contributed by atoms with van der Waals surface area (Å²) in [5.74, 6) is 0.693. The standard InChI is InChI=1S/C10H14N6/c1-8(9-4-3-5-11-6-9)12-7-10-13-15-16(2)14-10/h3-6,8,12H,7H2,1-2H3/t8-/m1/s1. The lowest BCUT2D eigenvalue weighted by Gasteiger charge is -2.11. The molecule has 0 aliphatic carbocycles. The molecule has 16 heavy (non-hydrogen) atoms. The van der Waals surface area contributed by atoms with Crippen LogP contribution in [0.2, 0.25) is 0 Å². The van der Waals surface area contributed by atoms with Gasteiger partial charge >= 0.3 is 0 Å². The van der Waals surface area contributed by atoms with Crippen molar-refractivity contribution >= 4 is 0 Å². The van der Waals surface area contributed by atoms with Crippen LogP contribution < -0.4 is 5.32 Å². The SMILES string of the molecule is C[C@@H](NCc1nnn(C)n1)c1cccnc1. The molecule has 0 unspecified atom stereocenters. The Hall–Kier alpha value is -1.82. The van der Waals surface area contributed by atoms with Crippen LogP contribution in [-0.4, -0.2) is 25.2 Å². The highest BCUT2D eigenvalue weighted by atomic mass is 15.6. The second-order valence-electron chi connectivity index (χ2n) is 3.58. The van der Waals surface area contributed by atoms with Gasteiger partial charge in [-0.25, -0.2) is 0 Å². The monoisotopic (exact) mass is 218 g/mol. The van der Waals surface area contributed by atoms with Crippen molar-refractivity contribution in [2.45, 2.75) is 19.5 Å². The molecule has 0 amide bonds. The fourth-order valence-corrected chi connectivity index (χ4v) is 1.39. The van der Waals surface area contributed by atoms with Crippen LogP contribution in [0.15, 0.2) is 24.5 Å². The smallest absolute Gasteiger partial charge is 0.188 e. The highest BCUT2D eigenvalue weighted by Gasteiger charge is 2.06. The summed E-state index contributed by atoms with van der Waals surface area (Å²) in [7, 11) is 1.75. The molecule has 0 saturated carbocycles. The van der Waals surface area contributed by atoms with E-state index in [-0.39, 0.29) is 6.04 Å². The Balaban J connectivity index is 1.91. The minimum Gasteiger partial charge on any atom is -0.303 e. The molecule has 0 bridgehead atoms. The first kappa shape index (κ1) is 10.7. The molecule has 0 spiro atoms. The number of aromatic nitrogens is 5. The van der Waals surface area contributed by atoms with Gasteiger partial charge in [-0.2, -0.15) is 4.80 Å². The van der Waals surface area contributed by atoms with Crippen LogP contribution in [0.1, 0.15) is 24.4 Å². The molecule has 2 aromatic rings. The van der Waals surface area contributed by atoms with Crippen molar-refractivity contribution in [3.05, 3.63) is 35.9 Å². The third-order valence-corrected chi connectivity index (χ3v) is 2.30. The highest BCUT2D eigenvalue weighted by molar-refractivity contribution is 5.12. The zero-order chi connectivity index (χ0) is 11.4. The zero-order valence-corrected chi connectivity index (χ0v) is 9.33. The van der Waals surface area contributed by atoms with Crippen LogP contribution in [0.4, 0.5) is 0 Å². The van der Waals surface area contributed by atoms with Crippen molar-refractivity contribution < 1.29 is 0 Å². The zero-order valence-electron chi connectivity index (χ0n) is 9.33. The quantitative estimate of drug-likeness (QED) is 0.807. The van der Waals surface area contributed by atoms with Crippen molar-refractivity contribution in [2.75, 3.05) is 0 Å². The number of rotatable bonds is 4. The summed E-state index contributed by atoms with van der Waals surface area (Å²) in [6, 6.07) is 4.18. The first-order chi connectivity index (χ1) is 7.75. The molecular weight excluding hydrogens is 204 g/mol. The Morgan fingerprint density at radius 1 is 1.50 bits per heavy atom. The molecule has 1 atom stereocenters. The number of nitrogens with one attached hydrogen (secondary N) is 1. The maximum Gasteiger partial charge on any atom is 0.188 e. The van der Waals surface area contributed by atoms with Gasteiger partial charge in [-0.1, -0.05) is 6.07 Å². The lowest BCUT2D eigenvalue weighted by molar-refractivity contribution is 0.554. The second-order valence-corrected chi connectivity index (χ2v) is 3.58. The van der Waals surface area contributed by atoms with Crippen molar-refractivity contribution in [2.24, 2.45) is 7.05 Å². The van der Waals surface area contributed by atoms with E-state index in [0.717, 1.165) is 5.56 Å². The van der Waals surface area contributed by atoms with E-state index in [4.69, 9.17) is 0 Å². The highest BCUT2D eigenvalue weighted by Crippen LogP contribution is 2.09. The lowest BCUT2D eigenvalue weighted by atomic mass is 10.1. The summed E-state index contributed by atoms with van der Waals surface area (Å²) >= 11 is 0. The Labute approximate surface area is 93.7 Å². The summed E-state index contributed by atoms with van der Waals surface area (Å²) in [6.45, 7) is 2.68. The van der Waals surface area contributed by atoms with Crippen molar-refractivity contribution in [1.82, 2.24) is 30.5 Å². The van der Waals surface area contributed by atoms with E-state index in [0.29, 0.717) is 12.4 Å². The first-order valence-electron chi connectivity index (χ1n) is 5.12. The Kier molecular flexibility index (Phi) is 3.21. The maximum atomic E-state index is 4.09. The largest absolute Gasteiger partial charge is 0.303 e. The van der Waals surface area contributed by atoms with Crippen molar-refractivity contribution in [3.63, 3.8) is 0 Å². The van der Waals surface area contributed by atoms with Gasteiger partial charge in [0.1, 0.15) is 0 Å². The number of pyridine rings is 1. The molecule has 2 heterocycles. The molecule has 0 aliphatic rings. The van der Waals surface area contributed by atoms with Crippen LogP contribution in [0.5, 0.6) is 0 Å². The fourth-order valence-electron chi connectivity index (χ4n) is 1.39. The average Bonchev–Trinajstić information content (AvgIpc) is 2.73. The van der Waals surface area contributed by atoms with E-state index in [1.807, 2.05) is 18.3 Å². The topological polar surface area (TPSA) is 68.5 Å². The average molecular weight is 218 g/mol. The van der Waals surface area contributed by atoms with Gasteiger partial charge in [-0.15, -0.1) is 10.2 Å². The van der Waals surface area contributed by atoms with E-state index in [1.54, 1.807) is 13.2 Å². The van der Waals surface area contributed by atoms with Gasteiger partial charge in [-0.3, -0.25) is 4.98 Å². The normalized spacial score (nSPS) is 12.6. The van der Waals surface area contributed by atoms with Gasteiger partial charge in [0.2, 0.25) is 0 Å². The van der Waals surface area contributed by atoms with Crippen molar-refractivity contribution in [3.8, 4) is 0 Å². The molecule has 6 nitrogen and oxygen atoms in total. The number of hydrogen-bond donors (Lipinski definition) is 1. The molecule has 0 aliphatic heterocycles. The second kappa shape index (κ2) is 4.80. The van der Waals surface area contributed by atoms with E-state index >= 15 is 0 Å². The third kappa shape index (κ3) is 2.60. The van der Waals surface area contributed by atoms with Crippen molar-refractivity contribution in [1.29, 1.82) is 0 Å². The predicted molar refractivity (Wildman–Crippen MR) is 58.3 cm³/mol. The summed E-state index contributed by atoms with van der Waals surface area (Å²) in [5.41, 5.74) is 1.14. The minimum atomic E-state index is 0.220. The predicted octanol–water partition coefficient (Wildman–Crippen LogP) is 0.456. The third-order valence-electron chi connectivity index (χ3n) is 2.30. The van der Waals surface area contributed by atoms with E-state index in [1.165, 1.54) is 4.80 Å². The van der Waals surface area contributed by atoms with E-state index in [2.05, 4.69) is 32.6 Å². The number of hydrogen-bond acceptors (Lipinski definition) is 5. The molecular formula is C10H14N6. The fraction of sp³-hybridized carbons (Fsp3) is 0.400. The van der Waals surface area contributed by atoms with E-state index in [9.17, 15) is 0 Å². The van der Waals surface area contributed by atoms with Gasteiger partial charge in [0.25, 0.3) is 0 Å². The molecule has 0 saturated heterocycles. The Morgan fingerprint density at radius 2 is 2.38 bits per heavy atom. The summed E-state index contributed by atoms with van der Waals surface area (Å²) in [5, 5.41) is 15.1. The molecule has 1 N–H and O–H groups in total. The van der Waals surface area contributed by atoms with E-state index < -0.39 is 0 Å². The van der Waals surface area contributed by atoms with Crippen LogP contribution in [0.3, 0.4) is 0 Å². The van der Waals surface area contributed by atoms with Gasteiger partial charge in [0.05, 0.1) is 13.6 Å². The summed E-state index contributed by atoms with van der Waals surface area (Å²) < 4.78 is 0. The Morgan fingerprint density at radius 3 is 3.00 bits per heavy atom. The molecule has 2 aromatic heterocycles. The van der Waals surface area contributed by atoms with Crippen LogP contribution >= 0.6 is 0 Å². The van der Waals surface area contributed by atoms with Crippen LogP contribution in [0, 0.1) is 0 Å². The van der Waals surface area contributed by atoms with Crippen LogP contribution in [0.25, 0.3) is 0 Å². The first-order valence-corrected chi connectivity index (χ1v) is 5.12. The molecule has 6 heteroatoms. The molecule has 0 fully saturated rings. The number of nitrogens with zero attached hydrogens (tertiary/aromatic N) is 5.